The summed E-state index contributed by atoms with van der Waals surface area (Å²) >= 11 is 0. The van der Waals surface area contributed by atoms with E-state index >= 15 is 0 Å². The number of nitrogens with zero attached hydrogens (tertiary/aromatic N) is 2. The van der Waals surface area contributed by atoms with Gasteiger partial charge in [0.25, 0.3) is 0 Å². The molecule has 14 heavy (non-hydrogen) atoms. The van der Waals surface area contributed by atoms with E-state index in [9.17, 15) is 0 Å². The monoisotopic (exact) mass is 193 g/mol. The Morgan fingerprint density at radius 3 is 3.21 bits per heavy atom. The van der Waals surface area contributed by atoms with Gasteiger partial charge in [0, 0.05) is 24.8 Å². The van der Waals surface area contributed by atoms with Gasteiger partial charge in [0.1, 0.15) is 5.82 Å². The molecule has 0 aliphatic carbocycles. The molecule has 1 fully saturated rings. The van der Waals surface area contributed by atoms with Crippen molar-refractivity contribution in [2.24, 2.45) is 5.92 Å². The molecule has 76 valence electrons. The van der Waals surface area contributed by atoms with E-state index in [-0.39, 0.29) is 0 Å². The molecule has 0 aromatic carbocycles. The van der Waals surface area contributed by atoms with Crippen molar-refractivity contribution in [1.29, 1.82) is 0 Å². The molecule has 1 N–H and O–H groups in total. The molecule has 1 aromatic heterocycles. The molecule has 1 aliphatic rings. The summed E-state index contributed by atoms with van der Waals surface area (Å²) in [5.74, 6) is 1.43. The highest BCUT2D eigenvalue weighted by Crippen LogP contribution is 2.18. The molecule has 2 unspecified atom stereocenters. The zero-order chi connectivity index (χ0) is 9.80. The van der Waals surface area contributed by atoms with Crippen LogP contribution in [-0.2, 0) is 4.74 Å². The number of hydrogen-bond acceptors (Lipinski definition) is 4. The van der Waals surface area contributed by atoms with E-state index in [1.54, 1.807) is 6.20 Å². The van der Waals surface area contributed by atoms with Crippen LogP contribution in [-0.4, -0.2) is 29.5 Å². The second-order valence-corrected chi connectivity index (χ2v) is 3.67. The van der Waals surface area contributed by atoms with Crippen molar-refractivity contribution in [3.63, 3.8) is 0 Å². The number of nitrogens with one attached hydrogen (secondary N) is 1. The second-order valence-electron chi connectivity index (χ2n) is 3.67. The van der Waals surface area contributed by atoms with Crippen molar-refractivity contribution in [1.82, 2.24) is 10.2 Å². The van der Waals surface area contributed by atoms with Crippen LogP contribution in [0.4, 0.5) is 5.82 Å². The number of hydrogen-bond donors (Lipinski definition) is 1. The number of anilines is 1. The van der Waals surface area contributed by atoms with E-state index in [1.807, 2.05) is 12.1 Å². The van der Waals surface area contributed by atoms with E-state index in [4.69, 9.17) is 4.74 Å². The van der Waals surface area contributed by atoms with Crippen LogP contribution in [0.2, 0.25) is 0 Å². The average Bonchev–Trinajstić information content (AvgIpc) is 2.72. The zero-order valence-corrected chi connectivity index (χ0v) is 8.31. The molecule has 0 amide bonds. The minimum Gasteiger partial charge on any atom is -0.381 e. The Kier molecular flexibility index (Phi) is 2.93. The number of ether oxygens (including phenoxy) is 1. The van der Waals surface area contributed by atoms with Gasteiger partial charge in [-0.15, -0.1) is 5.10 Å². The van der Waals surface area contributed by atoms with Crippen molar-refractivity contribution in [3.05, 3.63) is 18.3 Å². The van der Waals surface area contributed by atoms with E-state index in [2.05, 4.69) is 22.4 Å². The summed E-state index contributed by atoms with van der Waals surface area (Å²) in [6, 6.07) is 4.21. The summed E-state index contributed by atoms with van der Waals surface area (Å²) in [6.07, 6.45) is 2.81. The summed E-state index contributed by atoms with van der Waals surface area (Å²) in [5.41, 5.74) is 0. The van der Waals surface area contributed by atoms with Crippen LogP contribution in [0.1, 0.15) is 13.3 Å². The van der Waals surface area contributed by atoms with Gasteiger partial charge in [0.15, 0.2) is 0 Å². The fraction of sp³-hybridized carbons (Fsp3) is 0.600. The van der Waals surface area contributed by atoms with E-state index < -0.39 is 0 Å². The first-order valence-electron chi connectivity index (χ1n) is 4.98. The predicted octanol–water partition coefficient (Wildman–Crippen LogP) is 1.31. The zero-order valence-electron chi connectivity index (χ0n) is 8.31. The van der Waals surface area contributed by atoms with Crippen molar-refractivity contribution in [3.8, 4) is 0 Å². The maximum Gasteiger partial charge on any atom is 0.148 e. The second kappa shape index (κ2) is 4.37. The van der Waals surface area contributed by atoms with Crippen LogP contribution in [0.5, 0.6) is 0 Å². The molecule has 1 aliphatic heterocycles. The molecule has 4 nitrogen and oxygen atoms in total. The van der Waals surface area contributed by atoms with E-state index in [0.29, 0.717) is 12.0 Å². The van der Waals surface area contributed by atoms with Crippen LogP contribution in [0.3, 0.4) is 0 Å². The first-order chi connectivity index (χ1) is 6.86. The van der Waals surface area contributed by atoms with Crippen LogP contribution in [0.15, 0.2) is 18.3 Å². The van der Waals surface area contributed by atoms with Gasteiger partial charge in [-0.05, 0) is 25.5 Å². The summed E-state index contributed by atoms with van der Waals surface area (Å²) in [7, 11) is 0. The lowest BCUT2D eigenvalue weighted by Gasteiger charge is -2.19. The van der Waals surface area contributed by atoms with Crippen molar-refractivity contribution >= 4 is 5.82 Å². The van der Waals surface area contributed by atoms with Gasteiger partial charge in [-0.2, -0.15) is 5.10 Å². The molecule has 2 rings (SSSR count). The maximum atomic E-state index is 5.34. The molecule has 1 aromatic rings. The van der Waals surface area contributed by atoms with Gasteiger partial charge in [0.2, 0.25) is 0 Å². The van der Waals surface area contributed by atoms with E-state index in [0.717, 1.165) is 25.5 Å². The Morgan fingerprint density at radius 1 is 1.64 bits per heavy atom. The topological polar surface area (TPSA) is 47.0 Å². The predicted molar refractivity (Wildman–Crippen MR) is 54.0 cm³/mol. The third kappa shape index (κ3) is 2.20. The highest BCUT2D eigenvalue weighted by Gasteiger charge is 2.22. The number of rotatable bonds is 3. The van der Waals surface area contributed by atoms with Gasteiger partial charge in [0.05, 0.1) is 6.61 Å². The fourth-order valence-electron chi connectivity index (χ4n) is 1.68. The lowest BCUT2D eigenvalue weighted by molar-refractivity contribution is 0.183. The number of aromatic nitrogens is 2. The van der Waals surface area contributed by atoms with Gasteiger partial charge in [-0.3, -0.25) is 0 Å². The molecule has 4 heteroatoms. The Balaban J connectivity index is 1.90. The third-order valence-corrected chi connectivity index (χ3v) is 2.62. The Labute approximate surface area is 83.7 Å². The highest BCUT2D eigenvalue weighted by molar-refractivity contribution is 5.32. The van der Waals surface area contributed by atoms with E-state index in [1.165, 1.54) is 0 Å². The van der Waals surface area contributed by atoms with Gasteiger partial charge in [-0.25, -0.2) is 0 Å². The van der Waals surface area contributed by atoms with Crippen LogP contribution in [0, 0.1) is 5.92 Å². The molecule has 2 atom stereocenters. The Hall–Kier alpha value is -1.16. The van der Waals surface area contributed by atoms with Gasteiger partial charge in [-0.1, -0.05) is 0 Å². The lowest BCUT2D eigenvalue weighted by Crippen LogP contribution is -2.26. The van der Waals surface area contributed by atoms with Crippen LogP contribution >= 0.6 is 0 Å². The molecule has 0 radical (unpaired) electrons. The SMILES string of the molecule is CC(Nc1cccnn1)C1CCOC1. The van der Waals surface area contributed by atoms with Crippen molar-refractivity contribution in [2.75, 3.05) is 18.5 Å². The first kappa shape index (κ1) is 9.40. The lowest BCUT2D eigenvalue weighted by atomic mass is 10.0. The fourth-order valence-corrected chi connectivity index (χ4v) is 1.68. The third-order valence-electron chi connectivity index (χ3n) is 2.62. The molecule has 0 bridgehead atoms. The Morgan fingerprint density at radius 2 is 2.57 bits per heavy atom. The smallest absolute Gasteiger partial charge is 0.148 e. The molecule has 1 saturated heterocycles. The Bertz CT molecular complexity index is 272. The standard InChI is InChI=1S/C10H15N3O/c1-8(9-4-6-14-7-9)12-10-3-2-5-11-13-10/h2-3,5,8-9H,4,6-7H2,1H3,(H,12,13). The average molecular weight is 193 g/mol. The summed E-state index contributed by atoms with van der Waals surface area (Å²) < 4.78 is 5.34. The molecular formula is C10H15N3O. The van der Waals surface area contributed by atoms with Crippen LogP contribution in [0.25, 0.3) is 0 Å². The molecular weight excluding hydrogens is 178 g/mol. The maximum absolute atomic E-state index is 5.34. The molecule has 2 heterocycles. The van der Waals surface area contributed by atoms with Gasteiger partial charge < -0.3 is 10.1 Å². The minimum atomic E-state index is 0.397. The minimum absolute atomic E-state index is 0.397. The quantitative estimate of drug-likeness (QED) is 0.786. The highest BCUT2D eigenvalue weighted by atomic mass is 16.5. The molecule has 0 saturated carbocycles. The summed E-state index contributed by atoms with van der Waals surface area (Å²) in [4.78, 5) is 0. The summed E-state index contributed by atoms with van der Waals surface area (Å²) in [5, 5.41) is 11.1. The van der Waals surface area contributed by atoms with Crippen molar-refractivity contribution in [2.45, 2.75) is 19.4 Å². The summed E-state index contributed by atoms with van der Waals surface area (Å²) in [6.45, 7) is 3.90. The van der Waals surface area contributed by atoms with Crippen LogP contribution < -0.4 is 5.32 Å². The molecule has 0 spiro atoms. The normalized spacial score (nSPS) is 23.4. The largest absolute Gasteiger partial charge is 0.381 e. The first-order valence-corrected chi connectivity index (χ1v) is 4.98. The van der Waals surface area contributed by atoms with Gasteiger partial charge >= 0.3 is 0 Å². The van der Waals surface area contributed by atoms with Crippen molar-refractivity contribution < 1.29 is 4.74 Å².